The average molecular weight is 379 g/mol. The van der Waals surface area contributed by atoms with E-state index in [1.54, 1.807) is 12.1 Å². The Labute approximate surface area is 165 Å². The molecule has 2 fully saturated rings. The van der Waals surface area contributed by atoms with Gasteiger partial charge in [0.1, 0.15) is 5.82 Å². The lowest BCUT2D eigenvalue weighted by Gasteiger charge is -2.38. The third-order valence-electron chi connectivity index (χ3n) is 6.74. The number of hydrogen-bond acceptors (Lipinski definition) is 2. The first-order valence-corrected chi connectivity index (χ1v) is 10.1. The Morgan fingerprint density at radius 2 is 1.89 bits per heavy atom. The van der Waals surface area contributed by atoms with E-state index in [0.29, 0.717) is 6.54 Å². The molecule has 2 aromatic carbocycles. The first-order valence-electron chi connectivity index (χ1n) is 10.1. The number of amides is 2. The van der Waals surface area contributed by atoms with Crippen LogP contribution in [0.2, 0.25) is 0 Å². The predicted octanol–water partition coefficient (Wildman–Crippen LogP) is 3.58. The third kappa shape index (κ3) is 2.98. The molecule has 0 aromatic heterocycles. The van der Waals surface area contributed by atoms with Gasteiger partial charge >= 0.3 is 6.03 Å². The summed E-state index contributed by atoms with van der Waals surface area (Å²) in [5.41, 5.74) is 3.64. The monoisotopic (exact) mass is 379 g/mol. The molecule has 0 radical (unpaired) electrons. The molecule has 2 atom stereocenters. The lowest BCUT2D eigenvalue weighted by atomic mass is 9.88. The zero-order valence-electron chi connectivity index (χ0n) is 16.2. The minimum Gasteiger partial charge on any atom is -0.333 e. The van der Waals surface area contributed by atoms with Crippen LogP contribution in [0.15, 0.2) is 48.5 Å². The first kappa shape index (κ1) is 17.7. The van der Waals surface area contributed by atoms with E-state index < -0.39 is 0 Å². The fourth-order valence-corrected chi connectivity index (χ4v) is 5.11. The summed E-state index contributed by atoms with van der Waals surface area (Å²) in [5, 5.41) is 3.34. The zero-order chi connectivity index (χ0) is 19.3. The molecule has 1 saturated carbocycles. The second-order valence-corrected chi connectivity index (χ2v) is 8.66. The molecular formula is C23H26FN3O. The standard InChI is InChI=1S/C23H26FN3O/c1-26-14-20(23(15-26)11-12-23)25-22(28)27-13-10-16-4-2-3-5-19(16)21(27)17-6-8-18(24)9-7-17/h2-9,20-21H,10-15H2,1H3,(H,25,28)/t20-,21-/m0/s1. The van der Waals surface area contributed by atoms with Crippen LogP contribution in [0.5, 0.6) is 0 Å². The number of likely N-dealkylation sites (tertiary alicyclic amines) is 1. The van der Waals surface area contributed by atoms with Crippen molar-refractivity contribution >= 4 is 6.03 Å². The SMILES string of the molecule is CN1C[C@H](NC(=O)N2CCc3ccccc3[C@@H]2c2ccc(F)cc2)C2(CC2)C1. The fraction of sp³-hybridized carbons (Fsp3) is 0.435. The van der Waals surface area contributed by atoms with Crippen molar-refractivity contribution in [2.45, 2.75) is 31.3 Å². The van der Waals surface area contributed by atoms with Crippen LogP contribution >= 0.6 is 0 Å². The van der Waals surface area contributed by atoms with Gasteiger partial charge in [-0.2, -0.15) is 0 Å². The van der Waals surface area contributed by atoms with Gasteiger partial charge in [-0.3, -0.25) is 0 Å². The lowest BCUT2D eigenvalue weighted by molar-refractivity contribution is 0.173. The Balaban J connectivity index is 1.45. The number of fused-ring (bicyclic) bond motifs is 1. The number of nitrogens with zero attached hydrogens (tertiary/aromatic N) is 2. The van der Waals surface area contributed by atoms with Crippen LogP contribution in [0, 0.1) is 11.2 Å². The van der Waals surface area contributed by atoms with Crippen molar-refractivity contribution in [3.8, 4) is 0 Å². The molecule has 2 heterocycles. The summed E-state index contributed by atoms with van der Waals surface area (Å²) in [7, 11) is 2.13. The lowest BCUT2D eigenvalue weighted by Crippen LogP contribution is -2.51. The van der Waals surface area contributed by atoms with Crippen LogP contribution in [0.4, 0.5) is 9.18 Å². The number of likely N-dealkylation sites (N-methyl/N-ethyl adjacent to an activating group) is 1. The average Bonchev–Trinajstić information content (AvgIpc) is 3.40. The highest BCUT2D eigenvalue weighted by atomic mass is 19.1. The number of rotatable bonds is 2. The second kappa shape index (κ2) is 6.59. The van der Waals surface area contributed by atoms with Crippen LogP contribution < -0.4 is 5.32 Å². The molecule has 2 aliphatic heterocycles. The van der Waals surface area contributed by atoms with Crippen molar-refractivity contribution in [1.82, 2.24) is 15.1 Å². The number of urea groups is 1. The fourth-order valence-electron chi connectivity index (χ4n) is 5.11. The number of carbonyl (C=O) groups is 1. The van der Waals surface area contributed by atoms with E-state index in [1.807, 2.05) is 17.0 Å². The Morgan fingerprint density at radius 3 is 2.64 bits per heavy atom. The van der Waals surface area contributed by atoms with Gasteiger partial charge in [0, 0.05) is 25.0 Å². The molecule has 2 aromatic rings. The summed E-state index contributed by atoms with van der Waals surface area (Å²) < 4.78 is 13.5. The Kier molecular flexibility index (Phi) is 4.16. The predicted molar refractivity (Wildman–Crippen MR) is 107 cm³/mol. The minimum absolute atomic E-state index is 0.00426. The molecule has 1 saturated heterocycles. The maximum Gasteiger partial charge on any atom is 0.318 e. The van der Waals surface area contributed by atoms with E-state index in [2.05, 4.69) is 29.4 Å². The molecule has 2 amide bonds. The summed E-state index contributed by atoms with van der Waals surface area (Å²) in [6, 6.07) is 14.9. The van der Waals surface area contributed by atoms with E-state index in [0.717, 1.165) is 30.6 Å². The molecule has 146 valence electrons. The quantitative estimate of drug-likeness (QED) is 0.866. The van der Waals surface area contributed by atoms with Crippen molar-refractivity contribution in [2.75, 3.05) is 26.7 Å². The third-order valence-corrected chi connectivity index (χ3v) is 6.74. The molecule has 4 nitrogen and oxygen atoms in total. The highest BCUT2D eigenvalue weighted by Crippen LogP contribution is 2.52. The Morgan fingerprint density at radius 1 is 1.14 bits per heavy atom. The smallest absolute Gasteiger partial charge is 0.318 e. The molecule has 28 heavy (non-hydrogen) atoms. The van der Waals surface area contributed by atoms with Gasteiger partial charge < -0.3 is 15.1 Å². The molecule has 0 unspecified atom stereocenters. The molecule has 1 aliphatic carbocycles. The summed E-state index contributed by atoms with van der Waals surface area (Å²) >= 11 is 0. The summed E-state index contributed by atoms with van der Waals surface area (Å²) in [6.45, 7) is 2.65. The molecule has 1 N–H and O–H groups in total. The largest absolute Gasteiger partial charge is 0.333 e. The van der Waals surface area contributed by atoms with Crippen molar-refractivity contribution in [2.24, 2.45) is 5.41 Å². The first-order chi connectivity index (χ1) is 13.6. The van der Waals surface area contributed by atoms with Crippen LogP contribution in [-0.4, -0.2) is 48.6 Å². The summed E-state index contributed by atoms with van der Waals surface area (Å²) in [6.07, 6.45) is 3.25. The van der Waals surface area contributed by atoms with E-state index in [1.165, 1.54) is 30.5 Å². The van der Waals surface area contributed by atoms with Gasteiger partial charge in [0.2, 0.25) is 0 Å². The van der Waals surface area contributed by atoms with Crippen LogP contribution in [0.3, 0.4) is 0 Å². The highest BCUT2D eigenvalue weighted by Gasteiger charge is 2.55. The highest BCUT2D eigenvalue weighted by molar-refractivity contribution is 5.76. The molecular weight excluding hydrogens is 353 g/mol. The number of hydrogen-bond donors (Lipinski definition) is 1. The molecule has 5 heteroatoms. The summed E-state index contributed by atoms with van der Waals surface area (Å²) in [5.74, 6) is -0.256. The zero-order valence-corrected chi connectivity index (χ0v) is 16.2. The Hall–Kier alpha value is -2.40. The van der Waals surface area contributed by atoms with Crippen molar-refractivity contribution < 1.29 is 9.18 Å². The number of benzene rings is 2. The number of nitrogens with one attached hydrogen (secondary N) is 1. The normalized spacial score (nSPS) is 25.6. The van der Waals surface area contributed by atoms with Crippen molar-refractivity contribution in [1.29, 1.82) is 0 Å². The van der Waals surface area contributed by atoms with Crippen LogP contribution in [0.25, 0.3) is 0 Å². The Bertz CT molecular complexity index is 893. The van der Waals surface area contributed by atoms with Gasteiger partial charge in [-0.1, -0.05) is 36.4 Å². The number of halogens is 1. The van der Waals surface area contributed by atoms with E-state index in [-0.39, 0.29) is 29.3 Å². The van der Waals surface area contributed by atoms with Crippen LogP contribution in [-0.2, 0) is 6.42 Å². The van der Waals surface area contributed by atoms with Crippen molar-refractivity contribution in [3.63, 3.8) is 0 Å². The van der Waals surface area contributed by atoms with Crippen LogP contribution in [0.1, 0.15) is 35.6 Å². The van der Waals surface area contributed by atoms with Gasteiger partial charge in [-0.25, -0.2) is 9.18 Å². The minimum atomic E-state index is -0.256. The van der Waals surface area contributed by atoms with Crippen molar-refractivity contribution in [3.05, 3.63) is 71.0 Å². The second-order valence-electron chi connectivity index (χ2n) is 8.66. The molecule has 3 aliphatic rings. The van der Waals surface area contributed by atoms with E-state index in [4.69, 9.17) is 0 Å². The van der Waals surface area contributed by atoms with Gasteiger partial charge in [-0.15, -0.1) is 0 Å². The number of carbonyl (C=O) groups excluding carboxylic acids is 1. The molecule has 5 rings (SSSR count). The van der Waals surface area contributed by atoms with Gasteiger partial charge in [0.05, 0.1) is 12.1 Å². The maximum atomic E-state index is 13.5. The van der Waals surface area contributed by atoms with Gasteiger partial charge in [-0.05, 0) is 55.1 Å². The molecule has 0 bridgehead atoms. The van der Waals surface area contributed by atoms with E-state index >= 15 is 0 Å². The topological polar surface area (TPSA) is 35.6 Å². The maximum absolute atomic E-state index is 13.5. The van der Waals surface area contributed by atoms with E-state index in [9.17, 15) is 9.18 Å². The van der Waals surface area contributed by atoms with Gasteiger partial charge in [0.25, 0.3) is 0 Å². The summed E-state index contributed by atoms with van der Waals surface area (Å²) in [4.78, 5) is 17.6. The molecule has 1 spiro atoms. The van der Waals surface area contributed by atoms with Gasteiger partial charge in [0.15, 0.2) is 0 Å².